The van der Waals surface area contributed by atoms with Crippen LogP contribution in [0.15, 0.2) is 303 Å². The molecule has 0 amide bonds. The van der Waals surface area contributed by atoms with Gasteiger partial charge >= 0.3 is 0 Å². The fraction of sp³-hybridized carbons (Fsp3) is 0. The second-order valence-electron chi connectivity index (χ2n) is 24.0. The third-order valence-electron chi connectivity index (χ3n) is 18.5. The minimum atomic E-state index is 0.914. The van der Waals surface area contributed by atoms with E-state index in [-0.39, 0.29) is 0 Å². The van der Waals surface area contributed by atoms with Crippen LogP contribution in [0.25, 0.3) is 195 Å². The Morgan fingerprint density at radius 1 is 0.202 bits per heavy atom. The molecule has 94 heavy (non-hydrogen) atoms. The first-order valence-corrected chi connectivity index (χ1v) is 33.2. The van der Waals surface area contributed by atoms with Crippen molar-refractivity contribution in [1.29, 1.82) is 0 Å². The van der Waals surface area contributed by atoms with Crippen LogP contribution < -0.4 is 0 Å². The Kier molecular flexibility index (Phi) is 12.5. The molecule has 8 heteroatoms. The van der Waals surface area contributed by atoms with E-state index < -0.39 is 0 Å². The lowest BCUT2D eigenvalue weighted by Gasteiger charge is -2.11. The van der Waals surface area contributed by atoms with Crippen molar-refractivity contribution in [2.75, 3.05) is 0 Å². The summed E-state index contributed by atoms with van der Waals surface area (Å²) in [5.74, 6) is 0. The first-order valence-electron chi connectivity index (χ1n) is 31.6. The van der Waals surface area contributed by atoms with Crippen LogP contribution >= 0.6 is 22.7 Å². The van der Waals surface area contributed by atoms with Crippen molar-refractivity contribution in [2.45, 2.75) is 0 Å². The van der Waals surface area contributed by atoms with Crippen LogP contribution in [0.2, 0.25) is 0 Å². The van der Waals surface area contributed by atoms with E-state index in [0.29, 0.717) is 0 Å². The minimum absolute atomic E-state index is 0.914. The highest BCUT2D eigenvalue weighted by Gasteiger charge is 2.21. The highest BCUT2D eigenvalue weighted by molar-refractivity contribution is 7.27. The predicted molar refractivity (Wildman–Crippen MR) is 398 cm³/mol. The molecule has 0 aliphatic heterocycles. The number of hydrogen-bond donors (Lipinski definition) is 0. The highest BCUT2D eigenvalue weighted by Crippen LogP contribution is 2.47. The highest BCUT2D eigenvalue weighted by atomic mass is 32.1. The molecule has 0 fully saturated rings. The average molecular weight is 1230 g/mol. The zero-order chi connectivity index (χ0) is 61.8. The number of aromatic nitrogens is 6. The van der Waals surface area contributed by atoms with Gasteiger partial charge in [0, 0.05) is 106 Å². The van der Waals surface area contributed by atoms with Gasteiger partial charge in [-0.05, 0) is 76.1 Å². The molecule has 0 spiro atoms. The van der Waals surface area contributed by atoms with Gasteiger partial charge in [-0.3, -0.25) is 0 Å². The number of pyridine rings is 6. The molecule has 6 nitrogen and oxygen atoms in total. The standard InChI is InChI=1S/2C43H25N3S/c1-2-9-27(10-3-1)34-23-21-30-18-19-31-22-24-35(45-42(31)41(30)44-34)28-14-16-29(17-15-28)40-39-33-12-6-7-13-37(33)47-43(39)38-32-11-5-4-8-26(32)20-25-36(38)46-40;1-2-8-26(9-3-1)35-22-20-29-18-19-30-21-23-36(45-42(30)41(29)44-35)27-14-16-28(17-15-27)40-39-33-12-6-7-13-38(33)47-43(39)34-24-31-10-4-5-11-32(31)25-37(34)46-40/h2*1-25H. The van der Waals surface area contributed by atoms with Crippen LogP contribution in [0.4, 0.5) is 0 Å². The molecule has 0 N–H and O–H groups in total. The normalized spacial score (nSPS) is 11.8. The summed E-state index contributed by atoms with van der Waals surface area (Å²) in [6.45, 7) is 0. The van der Waals surface area contributed by atoms with Crippen molar-refractivity contribution in [1.82, 2.24) is 29.9 Å². The van der Waals surface area contributed by atoms with Crippen LogP contribution in [0.5, 0.6) is 0 Å². The summed E-state index contributed by atoms with van der Waals surface area (Å²) in [6.07, 6.45) is 0. The monoisotopic (exact) mass is 1230 g/mol. The van der Waals surface area contributed by atoms with E-state index in [4.69, 9.17) is 29.9 Å². The SMILES string of the molecule is c1ccc(-c2ccc3ccc4ccc(-c5ccc(-c6nc7cc8ccccc8cc7c7sc8ccccc8c67)cc5)nc4c3n2)cc1.c1ccc(-c2ccc3ccc4ccc(-c5ccc(-c6nc7ccc8ccccc8c7c7sc8ccccc8c67)cc5)nc4c3n2)cc1. The Morgan fingerprint density at radius 3 is 1.04 bits per heavy atom. The lowest BCUT2D eigenvalue weighted by molar-refractivity contribution is 1.36. The second kappa shape index (κ2) is 21.9. The molecule has 12 aromatic carbocycles. The predicted octanol–water partition coefficient (Wildman–Crippen LogP) is 23.7. The van der Waals surface area contributed by atoms with Gasteiger partial charge in [0.1, 0.15) is 0 Å². The molecule has 0 unspecified atom stereocenters. The van der Waals surface area contributed by atoms with Crippen LogP contribution in [0.3, 0.4) is 0 Å². The third kappa shape index (κ3) is 9.06. The fourth-order valence-corrected chi connectivity index (χ4v) is 16.3. The zero-order valence-electron chi connectivity index (χ0n) is 50.4. The van der Waals surface area contributed by atoms with E-state index in [2.05, 4.69) is 267 Å². The van der Waals surface area contributed by atoms with Gasteiger partial charge < -0.3 is 0 Å². The third-order valence-corrected chi connectivity index (χ3v) is 20.9. The molecule has 20 aromatic rings. The number of fused-ring (bicyclic) bond motifs is 19. The van der Waals surface area contributed by atoms with Crippen LogP contribution in [-0.2, 0) is 0 Å². The van der Waals surface area contributed by atoms with Gasteiger partial charge in [-0.2, -0.15) is 0 Å². The molecule has 0 saturated heterocycles. The van der Waals surface area contributed by atoms with E-state index >= 15 is 0 Å². The summed E-state index contributed by atoms with van der Waals surface area (Å²) in [5, 5.41) is 16.6. The molecule has 0 atom stereocenters. The number of hydrogen-bond acceptors (Lipinski definition) is 8. The Balaban J connectivity index is 0.000000133. The Bertz CT molecular complexity index is 6240. The van der Waals surface area contributed by atoms with Crippen molar-refractivity contribution in [3.8, 4) is 67.5 Å². The summed E-state index contributed by atoms with van der Waals surface area (Å²) in [7, 11) is 0. The van der Waals surface area contributed by atoms with Gasteiger partial charge in [0.2, 0.25) is 0 Å². The van der Waals surface area contributed by atoms with Gasteiger partial charge in [-0.1, -0.05) is 249 Å². The van der Waals surface area contributed by atoms with Crippen molar-refractivity contribution < 1.29 is 0 Å². The zero-order valence-corrected chi connectivity index (χ0v) is 52.0. The smallest absolute Gasteiger partial charge is 0.0972 e. The Labute approximate surface area is 547 Å². The molecule has 20 rings (SSSR count). The molecular formula is C86H50N6S2. The molecule has 0 radical (unpaired) electrons. The molecule has 0 aliphatic carbocycles. The van der Waals surface area contributed by atoms with E-state index in [1.54, 1.807) is 0 Å². The largest absolute Gasteiger partial charge is 0.247 e. The van der Waals surface area contributed by atoms with Crippen LogP contribution in [0.1, 0.15) is 0 Å². The average Bonchev–Trinajstić information content (AvgIpc) is 1.55. The van der Waals surface area contributed by atoms with Crippen LogP contribution in [0, 0.1) is 0 Å². The lowest BCUT2D eigenvalue weighted by atomic mass is 9.98. The van der Waals surface area contributed by atoms with Crippen molar-refractivity contribution in [2.24, 2.45) is 0 Å². The molecule has 8 aromatic heterocycles. The maximum Gasteiger partial charge on any atom is 0.0972 e. The molecular weight excluding hydrogens is 1180 g/mol. The quantitative estimate of drug-likeness (QED) is 0.122. The summed E-state index contributed by atoms with van der Waals surface area (Å²) in [4.78, 5) is 31.2. The number of nitrogens with zero attached hydrogens (tertiary/aromatic N) is 6. The van der Waals surface area contributed by atoms with Gasteiger partial charge in [0.15, 0.2) is 0 Å². The molecule has 8 heterocycles. The van der Waals surface area contributed by atoms with Gasteiger partial charge in [0.25, 0.3) is 0 Å². The summed E-state index contributed by atoms with van der Waals surface area (Å²) in [5.41, 5.74) is 18.0. The van der Waals surface area contributed by atoms with E-state index in [9.17, 15) is 0 Å². The van der Waals surface area contributed by atoms with Gasteiger partial charge in [0.05, 0.1) is 67.3 Å². The minimum Gasteiger partial charge on any atom is -0.247 e. The van der Waals surface area contributed by atoms with E-state index in [1.807, 2.05) is 59.1 Å². The molecule has 0 saturated carbocycles. The first kappa shape index (κ1) is 53.9. The van der Waals surface area contributed by atoms with Crippen molar-refractivity contribution in [3.05, 3.63) is 303 Å². The first-order chi connectivity index (χ1) is 46.5. The maximum atomic E-state index is 5.34. The summed E-state index contributed by atoms with van der Waals surface area (Å²) in [6, 6.07) is 107. The topological polar surface area (TPSA) is 77.3 Å². The Morgan fingerprint density at radius 2 is 0.553 bits per heavy atom. The van der Waals surface area contributed by atoms with Crippen molar-refractivity contribution in [3.63, 3.8) is 0 Å². The molecule has 0 aliphatic rings. The van der Waals surface area contributed by atoms with Crippen molar-refractivity contribution >= 4 is 150 Å². The molecule has 0 bridgehead atoms. The number of rotatable bonds is 6. The summed E-state index contributed by atoms with van der Waals surface area (Å²) >= 11 is 3.71. The lowest BCUT2D eigenvalue weighted by Crippen LogP contribution is -1.92. The van der Waals surface area contributed by atoms with Crippen LogP contribution in [-0.4, -0.2) is 29.9 Å². The maximum absolute atomic E-state index is 5.34. The number of benzene rings is 12. The van der Waals surface area contributed by atoms with Gasteiger partial charge in [-0.15, -0.1) is 22.7 Å². The number of thiophene rings is 2. The Hall–Kier alpha value is -11.9. The van der Waals surface area contributed by atoms with Gasteiger partial charge in [-0.25, -0.2) is 29.9 Å². The molecule has 436 valence electrons. The van der Waals surface area contributed by atoms with E-state index in [1.165, 1.54) is 72.7 Å². The second-order valence-corrected chi connectivity index (χ2v) is 26.1. The fourth-order valence-electron chi connectivity index (χ4n) is 13.8. The van der Waals surface area contributed by atoms with E-state index in [0.717, 1.165) is 122 Å². The summed E-state index contributed by atoms with van der Waals surface area (Å²) < 4.78 is 5.13.